The Balaban J connectivity index is 0.00000154. The maximum atomic E-state index is 3.43. The molecule has 0 heterocycles. The number of rotatable bonds is 7. The number of nitrogens with one attached hydrogen (secondary N) is 2. The molecule has 2 atom stereocenters. The van der Waals surface area contributed by atoms with Crippen molar-refractivity contribution in [3.05, 3.63) is 0 Å². The van der Waals surface area contributed by atoms with Gasteiger partial charge in [-0.25, -0.2) is 0 Å². The molecule has 1 aliphatic carbocycles. The SMILES string of the molecule is CC.CCC(CCC(C)NC)C1CCC(NC)CC1. The van der Waals surface area contributed by atoms with Gasteiger partial charge in [-0.2, -0.15) is 0 Å². The van der Waals surface area contributed by atoms with Crippen molar-refractivity contribution in [1.82, 2.24) is 10.6 Å². The first-order valence-corrected chi connectivity index (χ1v) is 8.55. The van der Waals surface area contributed by atoms with Crippen LogP contribution in [-0.4, -0.2) is 26.2 Å². The minimum absolute atomic E-state index is 0.678. The van der Waals surface area contributed by atoms with Gasteiger partial charge in [-0.05, 0) is 71.4 Å². The van der Waals surface area contributed by atoms with E-state index in [-0.39, 0.29) is 0 Å². The Labute approximate surface area is 122 Å². The summed E-state index contributed by atoms with van der Waals surface area (Å²) in [5, 5.41) is 6.78. The Morgan fingerprint density at radius 2 is 1.58 bits per heavy atom. The van der Waals surface area contributed by atoms with E-state index in [9.17, 15) is 0 Å². The van der Waals surface area contributed by atoms with Crippen LogP contribution in [0.2, 0.25) is 0 Å². The summed E-state index contributed by atoms with van der Waals surface area (Å²) < 4.78 is 0. The average molecular weight is 271 g/mol. The summed E-state index contributed by atoms with van der Waals surface area (Å²) in [5.41, 5.74) is 0. The average Bonchev–Trinajstić information content (AvgIpc) is 2.50. The second-order valence-electron chi connectivity index (χ2n) is 5.84. The predicted molar refractivity (Wildman–Crippen MR) is 87.7 cm³/mol. The Morgan fingerprint density at radius 3 is 2.00 bits per heavy atom. The molecule has 0 saturated heterocycles. The topological polar surface area (TPSA) is 24.1 Å². The molecular formula is C17H38N2. The summed E-state index contributed by atoms with van der Waals surface area (Å²) in [5.74, 6) is 1.96. The molecular weight excluding hydrogens is 232 g/mol. The van der Waals surface area contributed by atoms with Gasteiger partial charge in [0.25, 0.3) is 0 Å². The van der Waals surface area contributed by atoms with E-state index < -0.39 is 0 Å². The van der Waals surface area contributed by atoms with Crippen LogP contribution in [0.25, 0.3) is 0 Å². The van der Waals surface area contributed by atoms with Gasteiger partial charge in [0.15, 0.2) is 0 Å². The lowest BCUT2D eigenvalue weighted by molar-refractivity contribution is 0.201. The van der Waals surface area contributed by atoms with Crippen molar-refractivity contribution in [2.45, 2.75) is 84.7 Å². The summed E-state index contributed by atoms with van der Waals surface area (Å²) in [6.07, 6.45) is 9.77. The van der Waals surface area contributed by atoms with Crippen LogP contribution in [0.3, 0.4) is 0 Å². The molecule has 2 heteroatoms. The monoisotopic (exact) mass is 270 g/mol. The molecule has 2 N–H and O–H groups in total. The van der Waals surface area contributed by atoms with Crippen molar-refractivity contribution < 1.29 is 0 Å². The summed E-state index contributed by atoms with van der Waals surface area (Å²) >= 11 is 0. The van der Waals surface area contributed by atoms with Crippen molar-refractivity contribution in [1.29, 1.82) is 0 Å². The van der Waals surface area contributed by atoms with Crippen LogP contribution in [0, 0.1) is 11.8 Å². The summed E-state index contributed by atoms with van der Waals surface area (Å²) in [4.78, 5) is 0. The zero-order valence-electron chi connectivity index (χ0n) is 14.3. The van der Waals surface area contributed by atoms with Gasteiger partial charge in [-0.3, -0.25) is 0 Å². The van der Waals surface area contributed by atoms with Gasteiger partial charge >= 0.3 is 0 Å². The molecule has 19 heavy (non-hydrogen) atoms. The summed E-state index contributed by atoms with van der Waals surface area (Å²) in [7, 11) is 4.18. The maximum absolute atomic E-state index is 3.43. The Morgan fingerprint density at radius 1 is 1.00 bits per heavy atom. The molecule has 0 aromatic heterocycles. The van der Waals surface area contributed by atoms with Crippen molar-refractivity contribution in [2.24, 2.45) is 11.8 Å². The molecule has 116 valence electrons. The molecule has 1 aliphatic rings. The molecule has 0 bridgehead atoms. The summed E-state index contributed by atoms with van der Waals surface area (Å²) in [6.45, 7) is 8.67. The molecule has 2 unspecified atom stereocenters. The standard InChI is InChI=1S/C15H32N2.C2H6/c1-5-13(7-6-12(2)16-3)14-8-10-15(17-4)11-9-14;1-2/h12-17H,5-11H2,1-4H3;1-2H3. The van der Waals surface area contributed by atoms with Crippen molar-refractivity contribution >= 4 is 0 Å². The number of hydrogen-bond donors (Lipinski definition) is 2. The van der Waals surface area contributed by atoms with Crippen LogP contribution in [-0.2, 0) is 0 Å². The summed E-state index contributed by atoms with van der Waals surface area (Å²) in [6, 6.07) is 1.47. The molecule has 0 aromatic rings. The van der Waals surface area contributed by atoms with E-state index in [1.807, 2.05) is 13.8 Å². The normalized spacial score (nSPS) is 26.2. The van der Waals surface area contributed by atoms with Crippen molar-refractivity contribution in [3.63, 3.8) is 0 Å². The van der Waals surface area contributed by atoms with E-state index >= 15 is 0 Å². The zero-order valence-corrected chi connectivity index (χ0v) is 14.3. The van der Waals surface area contributed by atoms with E-state index in [0.717, 1.165) is 17.9 Å². The minimum Gasteiger partial charge on any atom is -0.317 e. The van der Waals surface area contributed by atoms with Gasteiger partial charge in [0.05, 0.1) is 0 Å². The van der Waals surface area contributed by atoms with Crippen LogP contribution in [0.1, 0.15) is 72.6 Å². The Kier molecular flexibility index (Phi) is 11.7. The van der Waals surface area contributed by atoms with Crippen molar-refractivity contribution in [2.75, 3.05) is 14.1 Å². The predicted octanol–water partition coefficient (Wildman–Crippen LogP) is 4.21. The van der Waals surface area contributed by atoms with Gasteiger partial charge < -0.3 is 10.6 Å². The van der Waals surface area contributed by atoms with E-state index in [2.05, 4.69) is 38.6 Å². The molecule has 0 amide bonds. The first kappa shape index (κ1) is 18.9. The van der Waals surface area contributed by atoms with Crippen LogP contribution in [0.5, 0.6) is 0 Å². The molecule has 1 saturated carbocycles. The van der Waals surface area contributed by atoms with E-state index in [1.54, 1.807) is 0 Å². The van der Waals surface area contributed by atoms with Gasteiger partial charge in [0, 0.05) is 12.1 Å². The van der Waals surface area contributed by atoms with Gasteiger partial charge in [0.1, 0.15) is 0 Å². The van der Waals surface area contributed by atoms with E-state index in [0.29, 0.717) is 6.04 Å². The fourth-order valence-electron chi connectivity index (χ4n) is 3.26. The highest BCUT2D eigenvalue weighted by atomic mass is 14.9. The molecule has 1 fully saturated rings. The lowest BCUT2D eigenvalue weighted by atomic mass is 9.75. The maximum Gasteiger partial charge on any atom is 0.00642 e. The van der Waals surface area contributed by atoms with E-state index in [4.69, 9.17) is 0 Å². The molecule has 2 nitrogen and oxygen atoms in total. The fraction of sp³-hybridized carbons (Fsp3) is 1.00. The highest BCUT2D eigenvalue weighted by Gasteiger charge is 2.25. The first-order valence-electron chi connectivity index (χ1n) is 8.55. The minimum atomic E-state index is 0.678. The lowest BCUT2D eigenvalue weighted by Crippen LogP contribution is -2.32. The van der Waals surface area contributed by atoms with Crippen LogP contribution in [0.15, 0.2) is 0 Å². The van der Waals surface area contributed by atoms with E-state index in [1.165, 1.54) is 44.9 Å². The van der Waals surface area contributed by atoms with Crippen LogP contribution >= 0.6 is 0 Å². The quantitative estimate of drug-likeness (QED) is 0.724. The zero-order chi connectivity index (χ0) is 14.7. The smallest absolute Gasteiger partial charge is 0.00642 e. The first-order chi connectivity index (χ1) is 9.21. The number of hydrogen-bond acceptors (Lipinski definition) is 2. The second-order valence-corrected chi connectivity index (χ2v) is 5.84. The molecule has 0 spiro atoms. The highest BCUT2D eigenvalue weighted by Crippen LogP contribution is 2.34. The molecule has 0 aliphatic heterocycles. The second kappa shape index (κ2) is 11.7. The molecule has 0 aromatic carbocycles. The third kappa shape index (κ3) is 7.31. The van der Waals surface area contributed by atoms with Crippen LogP contribution < -0.4 is 10.6 Å². The highest BCUT2D eigenvalue weighted by molar-refractivity contribution is 4.80. The van der Waals surface area contributed by atoms with Gasteiger partial charge in [0.2, 0.25) is 0 Å². The lowest BCUT2D eigenvalue weighted by Gasteiger charge is -2.34. The molecule has 1 rings (SSSR count). The fourth-order valence-corrected chi connectivity index (χ4v) is 3.26. The Hall–Kier alpha value is -0.0800. The third-order valence-corrected chi connectivity index (χ3v) is 4.83. The largest absolute Gasteiger partial charge is 0.317 e. The van der Waals surface area contributed by atoms with Gasteiger partial charge in [-0.1, -0.05) is 27.2 Å². The third-order valence-electron chi connectivity index (χ3n) is 4.83. The Bertz CT molecular complexity index is 186. The molecule has 0 radical (unpaired) electrons. The van der Waals surface area contributed by atoms with Crippen LogP contribution in [0.4, 0.5) is 0 Å². The van der Waals surface area contributed by atoms with Gasteiger partial charge in [-0.15, -0.1) is 0 Å². The van der Waals surface area contributed by atoms with Crippen molar-refractivity contribution in [3.8, 4) is 0 Å².